The van der Waals surface area contributed by atoms with Crippen molar-refractivity contribution in [2.24, 2.45) is 0 Å². The molecule has 4 rings (SSSR count). The third-order valence-corrected chi connectivity index (χ3v) is 6.71. The van der Waals surface area contributed by atoms with Crippen molar-refractivity contribution in [3.05, 3.63) is 119 Å². The second-order valence-electron chi connectivity index (χ2n) is 7.77. The molecule has 0 saturated carbocycles. The molecule has 0 aliphatic heterocycles. The van der Waals surface area contributed by atoms with Gasteiger partial charge in [0.2, 0.25) is 10.0 Å². The summed E-state index contributed by atoms with van der Waals surface area (Å²) in [5, 5.41) is 3.34. The normalized spacial score (nSPS) is 11.0. The van der Waals surface area contributed by atoms with Crippen LogP contribution in [-0.2, 0) is 16.6 Å². The summed E-state index contributed by atoms with van der Waals surface area (Å²) >= 11 is 6.23. The lowest BCUT2D eigenvalue weighted by Crippen LogP contribution is -2.29. The Morgan fingerprint density at radius 2 is 1.49 bits per heavy atom. The summed E-state index contributed by atoms with van der Waals surface area (Å²) in [5.41, 5.74) is 1.99. The van der Waals surface area contributed by atoms with Gasteiger partial charge in [-0.25, -0.2) is 8.42 Å². The van der Waals surface area contributed by atoms with E-state index in [1.807, 2.05) is 36.4 Å². The Morgan fingerprint density at radius 1 is 0.857 bits per heavy atom. The topological polar surface area (TPSA) is 75.7 Å². The molecule has 0 aromatic heterocycles. The van der Waals surface area contributed by atoms with Gasteiger partial charge in [0.1, 0.15) is 5.75 Å². The Labute approximate surface area is 209 Å². The molecule has 0 spiro atoms. The first-order valence-corrected chi connectivity index (χ1v) is 13.0. The van der Waals surface area contributed by atoms with Gasteiger partial charge in [-0.05, 0) is 60.2 Å². The zero-order chi connectivity index (χ0) is 24.8. The molecule has 0 radical (unpaired) electrons. The van der Waals surface area contributed by atoms with Crippen LogP contribution < -0.4 is 14.4 Å². The number of halogens is 1. The van der Waals surface area contributed by atoms with Crippen molar-refractivity contribution in [2.75, 3.05) is 15.9 Å². The quantitative estimate of drug-likeness (QED) is 0.302. The van der Waals surface area contributed by atoms with E-state index in [0.717, 1.165) is 6.26 Å². The highest BCUT2D eigenvalue weighted by Crippen LogP contribution is 2.30. The third kappa shape index (κ3) is 6.20. The number of nitrogens with zero attached hydrogens (tertiary/aromatic N) is 1. The van der Waals surface area contributed by atoms with Crippen molar-refractivity contribution in [1.82, 2.24) is 0 Å². The molecule has 0 saturated heterocycles. The van der Waals surface area contributed by atoms with Gasteiger partial charge in [0.25, 0.3) is 5.91 Å². The number of amides is 1. The molecular formula is C27H23ClN2O4S. The molecular weight excluding hydrogens is 484 g/mol. The molecule has 4 aromatic carbocycles. The lowest BCUT2D eigenvalue weighted by atomic mass is 10.1. The van der Waals surface area contributed by atoms with Crippen LogP contribution in [0.5, 0.6) is 11.5 Å². The van der Waals surface area contributed by atoms with Gasteiger partial charge in [-0.15, -0.1) is 0 Å². The number of para-hydroxylation sites is 3. The molecule has 0 atom stereocenters. The predicted molar refractivity (Wildman–Crippen MR) is 140 cm³/mol. The molecule has 0 heterocycles. The van der Waals surface area contributed by atoms with Gasteiger partial charge >= 0.3 is 0 Å². The number of anilines is 2. The van der Waals surface area contributed by atoms with Gasteiger partial charge < -0.3 is 10.1 Å². The molecule has 0 fully saturated rings. The Kier molecular flexibility index (Phi) is 7.39. The molecule has 0 aliphatic rings. The van der Waals surface area contributed by atoms with Crippen LogP contribution >= 0.6 is 11.6 Å². The first-order valence-electron chi connectivity index (χ1n) is 10.8. The Hall–Kier alpha value is -3.81. The molecule has 0 bridgehead atoms. The van der Waals surface area contributed by atoms with Crippen molar-refractivity contribution < 1.29 is 17.9 Å². The minimum absolute atomic E-state index is 0.0776. The predicted octanol–water partition coefficient (Wildman–Crippen LogP) is 6.35. The fourth-order valence-electron chi connectivity index (χ4n) is 3.43. The number of rotatable bonds is 8. The van der Waals surface area contributed by atoms with E-state index < -0.39 is 10.0 Å². The van der Waals surface area contributed by atoms with E-state index in [-0.39, 0.29) is 12.5 Å². The second kappa shape index (κ2) is 10.6. The highest BCUT2D eigenvalue weighted by molar-refractivity contribution is 7.92. The van der Waals surface area contributed by atoms with Gasteiger partial charge in [-0.2, -0.15) is 0 Å². The van der Waals surface area contributed by atoms with Crippen LogP contribution in [-0.4, -0.2) is 20.6 Å². The molecule has 6 nitrogen and oxygen atoms in total. The molecule has 1 amide bonds. The first kappa shape index (κ1) is 24.3. The van der Waals surface area contributed by atoms with Gasteiger partial charge in [0.05, 0.1) is 24.2 Å². The summed E-state index contributed by atoms with van der Waals surface area (Å²) in [6.45, 7) is 0.0776. The van der Waals surface area contributed by atoms with Crippen LogP contribution in [0.15, 0.2) is 103 Å². The molecule has 0 aliphatic carbocycles. The van der Waals surface area contributed by atoms with Crippen molar-refractivity contribution in [2.45, 2.75) is 6.54 Å². The first-order chi connectivity index (χ1) is 16.8. The van der Waals surface area contributed by atoms with Crippen LogP contribution in [0.1, 0.15) is 15.9 Å². The van der Waals surface area contributed by atoms with Crippen molar-refractivity contribution in [1.29, 1.82) is 0 Å². The number of hydrogen-bond donors (Lipinski definition) is 1. The number of hydrogen-bond acceptors (Lipinski definition) is 4. The van der Waals surface area contributed by atoms with E-state index in [1.54, 1.807) is 66.7 Å². The SMILES string of the molecule is CS(=O)(=O)N(Cc1ccccc1Cl)c1ccc(C(=O)Nc2ccccc2Oc2ccccc2)cc1. The summed E-state index contributed by atoms with van der Waals surface area (Å²) in [6.07, 6.45) is 1.13. The van der Waals surface area contributed by atoms with E-state index in [9.17, 15) is 13.2 Å². The smallest absolute Gasteiger partial charge is 0.255 e. The average Bonchev–Trinajstić information content (AvgIpc) is 2.85. The number of carbonyl (C=O) groups is 1. The van der Waals surface area contributed by atoms with E-state index in [2.05, 4.69) is 5.32 Å². The van der Waals surface area contributed by atoms with Crippen LogP contribution in [0.3, 0.4) is 0 Å². The zero-order valence-electron chi connectivity index (χ0n) is 18.9. The molecule has 1 N–H and O–H groups in total. The zero-order valence-corrected chi connectivity index (χ0v) is 20.5. The summed E-state index contributed by atoms with van der Waals surface area (Å²) in [4.78, 5) is 12.9. The average molecular weight is 507 g/mol. The second-order valence-corrected chi connectivity index (χ2v) is 10.1. The maximum Gasteiger partial charge on any atom is 0.255 e. The van der Waals surface area contributed by atoms with Gasteiger partial charge in [0.15, 0.2) is 5.75 Å². The maximum atomic E-state index is 12.9. The van der Waals surface area contributed by atoms with Crippen molar-refractivity contribution >= 4 is 38.9 Å². The van der Waals surface area contributed by atoms with Crippen molar-refractivity contribution in [3.63, 3.8) is 0 Å². The van der Waals surface area contributed by atoms with Gasteiger partial charge in [0, 0.05) is 10.6 Å². The molecule has 178 valence electrons. The van der Waals surface area contributed by atoms with E-state index in [1.165, 1.54) is 4.31 Å². The number of carbonyl (C=O) groups excluding carboxylic acids is 1. The van der Waals surface area contributed by atoms with E-state index in [0.29, 0.717) is 39.0 Å². The lowest BCUT2D eigenvalue weighted by molar-refractivity contribution is 0.102. The van der Waals surface area contributed by atoms with Crippen molar-refractivity contribution in [3.8, 4) is 11.5 Å². The fraction of sp³-hybridized carbons (Fsp3) is 0.0741. The number of ether oxygens (including phenoxy) is 1. The largest absolute Gasteiger partial charge is 0.455 e. The highest BCUT2D eigenvalue weighted by atomic mass is 35.5. The Balaban J connectivity index is 1.53. The number of nitrogens with one attached hydrogen (secondary N) is 1. The standard InChI is InChI=1S/C27H23ClN2O4S/c1-35(32,33)30(19-21-9-5-6-12-24(21)28)22-17-15-20(16-18-22)27(31)29-25-13-7-8-14-26(25)34-23-10-3-2-4-11-23/h2-18H,19H2,1H3,(H,29,31). The van der Waals surface area contributed by atoms with Crippen LogP contribution in [0.2, 0.25) is 5.02 Å². The van der Waals surface area contributed by atoms with Crippen LogP contribution in [0, 0.1) is 0 Å². The van der Waals surface area contributed by atoms with Gasteiger partial charge in [-0.3, -0.25) is 9.10 Å². The summed E-state index contributed by atoms with van der Waals surface area (Å²) in [6, 6.07) is 29.8. The van der Waals surface area contributed by atoms with E-state index in [4.69, 9.17) is 16.3 Å². The third-order valence-electron chi connectivity index (χ3n) is 5.20. The van der Waals surface area contributed by atoms with Crippen LogP contribution in [0.4, 0.5) is 11.4 Å². The Bertz CT molecular complexity index is 1430. The van der Waals surface area contributed by atoms with E-state index >= 15 is 0 Å². The lowest BCUT2D eigenvalue weighted by Gasteiger charge is -2.23. The minimum atomic E-state index is -3.59. The number of sulfonamides is 1. The Morgan fingerprint density at radius 3 is 2.17 bits per heavy atom. The number of benzene rings is 4. The molecule has 4 aromatic rings. The molecule has 8 heteroatoms. The summed E-state index contributed by atoms with van der Waals surface area (Å²) in [7, 11) is -3.59. The van der Waals surface area contributed by atoms with Gasteiger partial charge in [-0.1, -0.05) is 60.1 Å². The molecule has 35 heavy (non-hydrogen) atoms. The monoisotopic (exact) mass is 506 g/mol. The summed E-state index contributed by atoms with van der Waals surface area (Å²) < 4.78 is 32.1. The minimum Gasteiger partial charge on any atom is -0.455 e. The highest BCUT2D eigenvalue weighted by Gasteiger charge is 2.20. The fourth-order valence-corrected chi connectivity index (χ4v) is 4.50. The maximum absolute atomic E-state index is 12.9. The molecule has 0 unspecified atom stereocenters. The summed E-state index contributed by atoms with van der Waals surface area (Å²) in [5.74, 6) is 0.808. The van der Waals surface area contributed by atoms with Crippen LogP contribution in [0.25, 0.3) is 0 Å².